The Labute approximate surface area is 78.3 Å². The molecule has 0 saturated heterocycles. The van der Waals surface area contributed by atoms with Crippen molar-refractivity contribution in [1.82, 2.24) is 20.3 Å². The van der Waals surface area contributed by atoms with Crippen molar-refractivity contribution in [2.24, 2.45) is 12.5 Å². The molecule has 4 nitrogen and oxygen atoms in total. The van der Waals surface area contributed by atoms with E-state index in [0.717, 1.165) is 5.69 Å². The standard InChI is InChI=1S/C9H16N4/c1-9(4-5-9)8(10-2)7-6-13(3)12-11-7/h6,8,10H,4-5H2,1-3H3. The van der Waals surface area contributed by atoms with Crippen LogP contribution in [0.3, 0.4) is 0 Å². The van der Waals surface area contributed by atoms with E-state index in [1.165, 1.54) is 12.8 Å². The smallest absolute Gasteiger partial charge is 0.100 e. The van der Waals surface area contributed by atoms with Crippen molar-refractivity contribution in [3.05, 3.63) is 11.9 Å². The highest BCUT2D eigenvalue weighted by molar-refractivity contribution is 5.11. The third-order valence-electron chi connectivity index (χ3n) is 2.94. The molecule has 1 heterocycles. The zero-order valence-corrected chi connectivity index (χ0v) is 8.41. The van der Waals surface area contributed by atoms with Crippen molar-refractivity contribution in [1.29, 1.82) is 0 Å². The second-order valence-corrected chi connectivity index (χ2v) is 4.19. The second kappa shape index (κ2) is 2.80. The van der Waals surface area contributed by atoms with Crippen molar-refractivity contribution in [3.63, 3.8) is 0 Å². The Morgan fingerprint density at radius 2 is 2.31 bits per heavy atom. The summed E-state index contributed by atoms with van der Waals surface area (Å²) in [5, 5.41) is 11.4. The van der Waals surface area contributed by atoms with Crippen molar-refractivity contribution in [2.45, 2.75) is 25.8 Å². The number of aryl methyl sites for hydroxylation is 1. The number of rotatable bonds is 3. The lowest BCUT2D eigenvalue weighted by Crippen LogP contribution is -2.24. The Morgan fingerprint density at radius 1 is 1.62 bits per heavy atom. The van der Waals surface area contributed by atoms with Crippen LogP contribution in [0, 0.1) is 5.41 Å². The van der Waals surface area contributed by atoms with Gasteiger partial charge in [0.2, 0.25) is 0 Å². The summed E-state index contributed by atoms with van der Waals surface area (Å²) >= 11 is 0. The average Bonchev–Trinajstić information content (AvgIpc) is 2.67. The SMILES string of the molecule is CNC(c1cn(C)nn1)C1(C)CC1. The summed E-state index contributed by atoms with van der Waals surface area (Å²) in [6, 6.07) is 0.362. The summed E-state index contributed by atoms with van der Waals surface area (Å²) in [6.07, 6.45) is 4.56. The van der Waals surface area contributed by atoms with Crippen LogP contribution in [0.1, 0.15) is 31.5 Å². The molecule has 0 aromatic carbocycles. The highest BCUT2D eigenvalue weighted by Crippen LogP contribution is 2.53. The average molecular weight is 180 g/mol. The molecule has 1 atom stereocenters. The number of nitrogens with zero attached hydrogens (tertiary/aromatic N) is 3. The fourth-order valence-corrected chi connectivity index (χ4v) is 1.84. The van der Waals surface area contributed by atoms with Crippen LogP contribution in [0.4, 0.5) is 0 Å². The molecule has 1 aromatic rings. The molecule has 2 rings (SSSR count). The Bertz CT molecular complexity index is 300. The van der Waals surface area contributed by atoms with E-state index in [0.29, 0.717) is 11.5 Å². The van der Waals surface area contributed by atoms with Crippen LogP contribution in [0.25, 0.3) is 0 Å². The lowest BCUT2D eigenvalue weighted by atomic mass is 9.97. The maximum absolute atomic E-state index is 4.14. The highest BCUT2D eigenvalue weighted by atomic mass is 15.4. The molecule has 1 unspecified atom stereocenters. The van der Waals surface area contributed by atoms with E-state index in [-0.39, 0.29) is 0 Å². The first-order valence-electron chi connectivity index (χ1n) is 4.69. The van der Waals surface area contributed by atoms with Crippen molar-refractivity contribution in [2.75, 3.05) is 7.05 Å². The summed E-state index contributed by atoms with van der Waals surface area (Å²) in [7, 11) is 3.89. The van der Waals surface area contributed by atoms with Crippen molar-refractivity contribution in [3.8, 4) is 0 Å². The van der Waals surface area contributed by atoms with E-state index in [1.54, 1.807) is 4.68 Å². The summed E-state index contributed by atoms with van der Waals surface area (Å²) in [6.45, 7) is 2.29. The van der Waals surface area contributed by atoms with Gasteiger partial charge in [0, 0.05) is 13.2 Å². The lowest BCUT2D eigenvalue weighted by Gasteiger charge is -2.19. The zero-order valence-electron chi connectivity index (χ0n) is 8.41. The van der Waals surface area contributed by atoms with Crippen LogP contribution < -0.4 is 5.32 Å². The monoisotopic (exact) mass is 180 g/mol. The van der Waals surface area contributed by atoms with E-state index in [2.05, 4.69) is 22.6 Å². The van der Waals surface area contributed by atoms with Gasteiger partial charge in [0.1, 0.15) is 5.69 Å². The van der Waals surface area contributed by atoms with Crippen LogP contribution in [0.15, 0.2) is 6.20 Å². The van der Waals surface area contributed by atoms with Gasteiger partial charge in [0.05, 0.1) is 6.04 Å². The molecule has 13 heavy (non-hydrogen) atoms. The van der Waals surface area contributed by atoms with Crippen LogP contribution in [-0.4, -0.2) is 22.0 Å². The molecule has 0 spiro atoms. The largest absolute Gasteiger partial charge is 0.311 e. The van der Waals surface area contributed by atoms with E-state index in [4.69, 9.17) is 0 Å². The molecule has 0 aliphatic heterocycles. The second-order valence-electron chi connectivity index (χ2n) is 4.19. The minimum Gasteiger partial charge on any atom is -0.311 e. The first-order valence-corrected chi connectivity index (χ1v) is 4.69. The Morgan fingerprint density at radius 3 is 2.69 bits per heavy atom. The van der Waals surface area contributed by atoms with Gasteiger partial charge in [-0.15, -0.1) is 5.10 Å². The lowest BCUT2D eigenvalue weighted by molar-refractivity contribution is 0.382. The van der Waals surface area contributed by atoms with Gasteiger partial charge in [0.15, 0.2) is 0 Å². The fourth-order valence-electron chi connectivity index (χ4n) is 1.84. The van der Waals surface area contributed by atoms with Gasteiger partial charge in [0.25, 0.3) is 0 Å². The quantitative estimate of drug-likeness (QED) is 0.750. The van der Waals surface area contributed by atoms with Gasteiger partial charge in [-0.3, -0.25) is 4.68 Å². The molecule has 0 amide bonds. The summed E-state index contributed by atoms with van der Waals surface area (Å²) in [4.78, 5) is 0. The van der Waals surface area contributed by atoms with Gasteiger partial charge in [-0.05, 0) is 25.3 Å². The molecule has 1 aliphatic rings. The molecule has 1 aliphatic carbocycles. The van der Waals surface area contributed by atoms with Crippen LogP contribution in [-0.2, 0) is 7.05 Å². The summed E-state index contributed by atoms with van der Waals surface area (Å²) in [5.74, 6) is 0. The van der Waals surface area contributed by atoms with E-state index in [9.17, 15) is 0 Å². The molecular formula is C9H16N4. The van der Waals surface area contributed by atoms with E-state index < -0.39 is 0 Å². The predicted octanol–water partition coefficient (Wildman–Crippen LogP) is 0.876. The van der Waals surface area contributed by atoms with Crippen molar-refractivity contribution < 1.29 is 0 Å². The molecule has 1 saturated carbocycles. The number of aromatic nitrogens is 3. The zero-order chi connectivity index (χ0) is 9.47. The first kappa shape index (κ1) is 8.69. The van der Waals surface area contributed by atoms with Gasteiger partial charge in [-0.25, -0.2) is 0 Å². The molecule has 1 aromatic heterocycles. The van der Waals surface area contributed by atoms with Gasteiger partial charge >= 0.3 is 0 Å². The summed E-state index contributed by atoms with van der Waals surface area (Å²) < 4.78 is 1.76. The number of hydrogen-bond acceptors (Lipinski definition) is 3. The van der Waals surface area contributed by atoms with Crippen LogP contribution in [0.2, 0.25) is 0 Å². The Hall–Kier alpha value is -0.900. The van der Waals surface area contributed by atoms with Gasteiger partial charge in [-0.1, -0.05) is 12.1 Å². The highest BCUT2D eigenvalue weighted by Gasteiger charge is 2.45. The Kier molecular flexibility index (Phi) is 1.87. The maximum atomic E-state index is 4.14. The maximum Gasteiger partial charge on any atom is 0.100 e. The molecule has 1 N–H and O–H groups in total. The van der Waals surface area contributed by atoms with Crippen LogP contribution >= 0.6 is 0 Å². The minimum absolute atomic E-state index is 0.362. The third kappa shape index (κ3) is 1.46. The number of nitrogens with one attached hydrogen (secondary N) is 1. The van der Waals surface area contributed by atoms with Gasteiger partial charge in [-0.2, -0.15) is 0 Å². The molecular weight excluding hydrogens is 164 g/mol. The topological polar surface area (TPSA) is 42.7 Å². The molecule has 72 valence electrons. The Balaban J connectivity index is 2.22. The summed E-state index contributed by atoms with van der Waals surface area (Å²) in [5.41, 5.74) is 1.47. The van der Waals surface area contributed by atoms with Crippen LogP contribution in [0.5, 0.6) is 0 Å². The van der Waals surface area contributed by atoms with E-state index in [1.807, 2.05) is 20.3 Å². The number of hydrogen-bond donors (Lipinski definition) is 1. The third-order valence-corrected chi connectivity index (χ3v) is 2.94. The molecule has 0 bridgehead atoms. The molecule has 4 heteroatoms. The molecule has 1 fully saturated rings. The van der Waals surface area contributed by atoms with E-state index >= 15 is 0 Å². The predicted molar refractivity (Wildman–Crippen MR) is 50.1 cm³/mol. The fraction of sp³-hybridized carbons (Fsp3) is 0.778. The normalized spacial score (nSPS) is 21.5. The minimum atomic E-state index is 0.362. The molecule has 0 radical (unpaired) electrons. The first-order chi connectivity index (χ1) is 6.15. The van der Waals surface area contributed by atoms with Crippen molar-refractivity contribution >= 4 is 0 Å². The van der Waals surface area contributed by atoms with Gasteiger partial charge < -0.3 is 5.32 Å².